The van der Waals surface area contributed by atoms with Crippen LogP contribution in [-0.4, -0.2) is 13.0 Å². The van der Waals surface area contributed by atoms with Gasteiger partial charge in [0, 0.05) is 17.8 Å². The number of hydrogen-bond donors (Lipinski definition) is 2. The summed E-state index contributed by atoms with van der Waals surface area (Å²) in [5.74, 6) is 0.697. The number of nitrogens with one attached hydrogen (secondary N) is 1. The lowest BCUT2D eigenvalue weighted by Gasteiger charge is -2.05. The molecule has 5 nitrogen and oxygen atoms in total. The molecule has 17 heavy (non-hydrogen) atoms. The van der Waals surface area contributed by atoms with E-state index in [-0.39, 0.29) is 17.6 Å². The number of anilines is 2. The molecule has 1 amide bonds. The van der Waals surface area contributed by atoms with Gasteiger partial charge >= 0.3 is 0 Å². The van der Waals surface area contributed by atoms with Crippen molar-refractivity contribution in [3.8, 4) is 5.75 Å². The lowest BCUT2D eigenvalue weighted by Crippen LogP contribution is -2.10. The fourth-order valence-corrected chi connectivity index (χ4v) is 1.37. The maximum atomic E-state index is 11.7. The largest absolute Gasteiger partial charge is 0.497 e. The van der Waals surface area contributed by atoms with Crippen LogP contribution in [0.15, 0.2) is 40.8 Å². The molecule has 88 valence electrons. The molecule has 0 radical (unpaired) electrons. The van der Waals surface area contributed by atoms with Crippen molar-refractivity contribution in [3.63, 3.8) is 0 Å². The number of benzene rings is 1. The van der Waals surface area contributed by atoms with Gasteiger partial charge in [-0.25, -0.2) is 0 Å². The first-order valence-electron chi connectivity index (χ1n) is 5.00. The number of amides is 1. The lowest BCUT2D eigenvalue weighted by atomic mass is 10.3. The third kappa shape index (κ3) is 2.57. The minimum atomic E-state index is -0.352. The molecule has 0 spiro atoms. The number of furan rings is 1. The number of nitrogen functional groups attached to an aromatic ring is 1. The van der Waals surface area contributed by atoms with Gasteiger partial charge in [-0.05, 0) is 18.2 Å². The van der Waals surface area contributed by atoms with E-state index in [2.05, 4.69) is 5.32 Å². The Balaban J connectivity index is 2.12. The highest BCUT2D eigenvalue weighted by Crippen LogP contribution is 2.18. The molecule has 3 N–H and O–H groups in total. The predicted molar refractivity (Wildman–Crippen MR) is 64.1 cm³/mol. The normalized spacial score (nSPS) is 9.94. The number of carbonyl (C=O) groups excluding carboxylic acids is 1. The molecule has 0 aliphatic heterocycles. The summed E-state index contributed by atoms with van der Waals surface area (Å²) < 4.78 is 10.1. The first-order valence-corrected chi connectivity index (χ1v) is 5.00. The third-order valence-electron chi connectivity index (χ3n) is 2.18. The van der Waals surface area contributed by atoms with E-state index < -0.39 is 0 Å². The molecule has 0 aliphatic rings. The van der Waals surface area contributed by atoms with Gasteiger partial charge in [-0.1, -0.05) is 6.07 Å². The van der Waals surface area contributed by atoms with Crippen LogP contribution in [0.2, 0.25) is 0 Å². The Hall–Kier alpha value is -2.43. The minimum Gasteiger partial charge on any atom is -0.497 e. The van der Waals surface area contributed by atoms with Crippen LogP contribution in [0.5, 0.6) is 5.75 Å². The summed E-state index contributed by atoms with van der Waals surface area (Å²) in [6.07, 6.45) is 0. The third-order valence-corrected chi connectivity index (χ3v) is 2.18. The average molecular weight is 232 g/mol. The Morgan fingerprint density at radius 3 is 2.82 bits per heavy atom. The van der Waals surface area contributed by atoms with E-state index in [9.17, 15) is 4.79 Å². The second-order valence-corrected chi connectivity index (χ2v) is 3.39. The second kappa shape index (κ2) is 4.61. The molecule has 0 fully saturated rings. The van der Waals surface area contributed by atoms with Crippen LogP contribution in [0.25, 0.3) is 0 Å². The van der Waals surface area contributed by atoms with E-state index in [1.54, 1.807) is 31.4 Å². The van der Waals surface area contributed by atoms with Crippen LogP contribution in [0, 0.1) is 0 Å². The fourth-order valence-electron chi connectivity index (χ4n) is 1.37. The SMILES string of the molecule is COc1cccc(NC(=O)c2ccc(N)o2)c1. The minimum absolute atomic E-state index is 0.172. The van der Waals surface area contributed by atoms with Crippen molar-refractivity contribution in [2.75, 3.05) is 18.2 Å². The lowest BCUT2D eigenvalue weighted by molar-refractivity contribution is 0.0997. The predicted octanol–water partition coefficient (Wildman–Crippen LogP) is 2.12. The Labute approximate surface area is 98.2 Å². The zero-order valence-electron chi connectivity index (χ0n) is 9.27. The van der Waals surface area contributed by atoms with Gasteiger partial charge in [0.1, 0.15) is 5.75 Å². The number of ether oxygens (including phenoxy) is 1. The maximum Gasteiger partial charge on any atom is 0.291 e. The van der Waals surface area contributed by atoms with E-state index in [0.29, 0.717) is 11.4 Å². The number of nitrogens with two attached hydrogens (primary N) is 1. The van der Waals surface area contributed by atoms with E-state index in [1.165, 1.54) is 12.1 Å². The fraction of sp³-hybridized carbons (Fsp3) is 0.0833. The molecule has 0 atom stereocenters. The van der Waals surface area contributed by atoms with Crippen LogP contribution >= 0.6 is 0 Å². The van der Waals surface area contributed by atoms with Gasteiger partial charge in [0.15, 0.2) is 11.6 Å². The van der Waals surface area contributed by atoms with Crippen LogP contribution in [0.3, 0.4) is 0 Å². The van der Waals surface area contributed by atoms with Gasteiger partial charge in [0.05, 0.1) is 7.11 Å². The number of rotatable bonds is 3. The molecule has 0 aliphatic carbocycles. The first kappa shape index (κ1) is 11.1. The Morgan fingerprint density at radius 1 is 1.35 bits per heavy atom. The highest BCUT2D eigenvalue weighted by molar-refractivity contribution is 6.02. The molecule has 1 heterocycles. The van der Waals surface area contributed by atoms with E-state index in [0.717, 1.165) is 0 Å². The standard InChI is InChI=1S/C12H12N2O3/c1-16-9-4-2-3-8(7-9)14-12(15)10-5-6-11(13)17-10/h2-7H,13H2,1H3,(H,14,15). The van der Waals surface area contributed by atoms with Gasteiger partial charge < -0.3 is 20.2 Å². The first-order chi connectivity index (χ1) is 8.19. The summed E-state index contributed by atoms with van der Waals surface area (Å²) in [4.78, 5) is 11.7. The number of hydrogen-bond acceptors (Lipinski definition) is 4. The summed E-state index contributed by atoms with van der Waals surface area (Å²) >= 11 is 0. The molecule has 1 aromatic carbocycles. The zero-order chi connectivity index (χ0) is 12.3. The quantitative estimate of drug-likeness (QED) is 0.849. The highest BCUT2D eigenvalue weighted by Gasteiger charge is 2.10. The molecule has 5 heteroatoms. The van der Waals surface area contributed by atoms with Crippen molar-refractivity contribution in [3.05, 3.63) is 42.2 Å². The van der Waals surface area contributed by atoms with Crippen LogP contribution in [-0.2, 0) is 0 Å². The van der Waals surface area contributed by atoms with Gasteiger partial charge in [-0.3, -0.25) is 4.79 Å². The molecule has 0 saturated heterocycles. The molecule has 2 aromatic rings. The molecule has 2 rings (SSSR count). The Morgan fingerprint density at radius 2 is 2.18 bits per heavy atom. The topological polar surface area (TPSA) is 77.5 Å². The van der Waals surface area contributed by atoms with Gasteiger partial charge in [0.2, 0.25) is 0 Å². The van der Waals surface area contributed by atoms with Gasteiger partial charge in [0.25, 0.3) is 5.91 Å². The smallest absolute Gasteiger partial charge is 0.291 e. The molecular formula is C12H12N2O3. The Kier molecular flexibility index (Phi) is 3.00. The average Bonchev–Trinajstić information content (AvgIpc) is 2.76. The van der Waals surface area contributed by atoms with Crippen molar-refractivity contribution >= 4 is 17.5 Å². The molecule has 0 bridgehead atoms. The van der Waals surface area contributed by atoms with Crippen LogP contribution in [0.1, 0.15) is 10.6 Å². The number of carbonyl (C=O) groups is 1. The van der Waals surface area contributed by atoms with E-state index in [1.807, 2.05) is 0 Å². The molecule has 0 unspecified atom stereocenters. The summed E-state index contributed by atoms with van der Waals surface area (Å²) in [5.41, 5.74) is 6.02. The molecular weight excluding hydrogens is 220 g/mol. The highest BCUT2D eigenvalue weighted by atomic mass is 16.5. The van der Waals surface area contributed by atoms with Gasteiger partial charge in [-0.15, -0.1) is 0 Å². The summed E-state index contributed by atoms with van der Waals surface area (Å²) in [5, 5.41) is 2.68. The van der Waals surface area contributed by atoms with Crippen molar-refractivity contribution in [2.24, 2.45) is 0 Å². The number of methoxy groups -OCH3 is 1. The Bertz CT molecular complexity index is 534. The van der Waals surface area contributed by atoms with Crippen molar-refractivity contribution in [1.82, 2.24) is 0 Å². The van der Waals surface area contributed by atoms with Gasteiger partial charge in [-0.2, -0.15) is 0 Å². The second-order valence-electron chi connectivity index (χ2n) is 3.39. The monoisotopic (exact) mass is 232 g/mol. The van der Waals surface area contributed by atoms with Crippen LogP contribution in [0.4, 0.5) is 11.6 Å². The zero-order valence-corrected chi connectivity index (χ0v) is 9.27. The van der Waals surface area contributed by atoms with Crippen molar-refractivity contribution < 1.29 is 13.9 Å². The van der Waals surface area contributed by atoms with Crippen molar-refractivity contribution in [1.29, 1.82) is 0 Å². The van der Waals surface area contributed by atoms with E-state index >= 15 is 0 Å². The summed E-state index contributed by atoms with van der Waals surface area (Å²) in [6, 6.07) is 10.1. The maximum absolute atomic E-state index is 11.7. The van der Waals surface area contributed by atoms with E-state index in [4.69, 9.17) is 14.9 Å². The molecule has 0 saturated carbocycles. The summed E-state index contributed by atoms with van der Waals surface area (Å²) in [7, 11) is 1.56. The molecule has 1 aromatic heterocycles. The summed E-state index contributed by atoms with van der Waals surface area (Å²) in [6.45, 7) is 0. The van der Waals surface area contributed by atoms with Crippen LogP contribution < -0.4 is 15.8 Å². The van der Waals surface area contributed by atoms with Crippen molar-refractivity contribution in [2.45, 2.75) is 0 Å².